The second-order valence-electron chi connectivity index (χ2n) is 4.96. The molecule has 0 fully saturated rings. The topological polar surface area (TPSA) is 47.6 Å². The fourth-order valence-electron chi connectivity index (χ4n) is 2.02. The van der Waals surface area contributed by atoms with Gasteiger partial charge in [-0.25, -0.2) is 0 Å². The van der Waals surface area contributed by atoms with E-state index in [1.54, 1.807) is 7.11 Å². The van der Waals surface area contributed by atoms with Gasteiger partial charge in [0.05, 0.1) is 13.2 Å². The first-order valence-electron chi connectivity index (χ1n) is 7.07. The van der Waals surface area contributed by atoms with E-state index in [2.05, 4.69) is 17.4 Å². The van der Waals surface area contributed by atoms with Gasteiger partial charge in [-0.3, -0.25) is 10.1 Å². The molecule has 1 aromatic rings. The monoisotopic (exact) mass is 279 g/mol. The molecule has 0 amide bonds. The second kappa shape index (κ2) is 8.72. The third kappa shape index (κ3) is 5.31. The van der Waals surface area contributed by atoms with Crippen molar-refractivity contribution in [2.45, 2.75) is 32.2 Å². The summed E-state index contributed by atoms with van der Waals surface area (Å²) in [6, 6.07) is 10.1. The van der Waals surface area contributed by atoms with Crippen LogP contribution in [0.3, 0.4) is 0 Å². The highest BCUT2D eigenvalue weighted by Crippen LogP contribution is 2.16. The van der Waals surface area contributed by atoms with Crippen LogP contribution in [-0.2, 0) is 20.7 Å². The van der Waals surface area contributed by atoms with Crippen LogP contribution in [-0.4, -0.2) is 38.4 Å². The molecule has 0 spiro atoms. The number of nitrogens with one attached hydrogen (secondary N) is 1. The molecule has 0 radical (unpaired) electrons. The third-order valence-corrected chi connectivity index (χ3v) is 3.30. The second-order valence-corrected chi connectivity index (χ2v) is 4.96. The van der Waals surface area contributed by atoms with Crippen LogP contribution in [0.4, 0.5) is 0 Å². The minimum atomic E-state index is -0.676. The molecule has 112 valence electrons. The van der Waals surface area contributed by atoms with Crippen molar-refractivity contribution < 1.29 is 14.3 Å². The average molecular weight is 279 g/mol. The molecule has 20 heavy (non-hydrogen) atoms. The van der Waals surface area contributed by atoms with E-state index in [-0.39, 0.29) is 5.97 Å². The van der Waals surface area contributed by atoms with Gasteiger partial charge in [0.2, 0.25) is 0 Å². The Morgan fingerprint density at radius 2 is 2.00 bits per heavy atom. The summed E-state index contributed by atoms with van der Waals surface area (Å²) in [5.41, 5.74) is 0.543. The lowest BCUT2D eigenvalue weighted by Gasteiger charge is -2.28. The quantitative estimate of drug-likeness (QED) is 0.556. The van der Waals surface area contributed by atoms with Gasteiger partial charge in [0.1, 0.15) is 5.54 Å². The number of benzene rings is 1. The van der Waals surface area contributed by atoms with Crippen LogP contribution in [0, 0.1) is 0 Å². The summed E-state index contributed by atoms with van der Waals surface area (Å²) in [7, 11) is 1.65. The maximum atomic E-state index is 12.2. The summed E-state index contributed by atoms with van der Waals surface area (Å²) < 4.78 is 10.2. The first-order chi connectivity index (χ1) is 9.62. The molecular weight excluding hydrogens is 254 g/mol. The molecular formula is C16H25NO3. The van der Waals surface area contributed by atoms with Crippen molar-refractivity contribution in [2.75, 3.05) is 26.9 Å². The Hall–Kier alpha value is -1.39. The predicted molar refractivity (Wildman–Crippen MR) is 79.7 cm³/mol. The van der Waals surface area contributed by atoms with Crippen LogP contribution in [0.2, 0.25) is 0 Å². The molecule has 1 atom stereocenters. The van der Waals surface area contributed by atoms with E-state index in [9.17, 15) is 4.79 Å². The molecule has 1 unspecified atom stereocenters. The lowest BCUT2D eigenvalue weighted by atomic mass is 9.93. The fraction of sp³-hybridized carbons (Fsp3) is 0.562. The highest BCUT2D eigenvalue weighted by Gasteiger charge is 2.33. The number of methoxy groups -OCH3 is 1. The van der Waals surface area contributed by atoms with E-state index >= 15 is 0 Å². The molecule has 0 heterocycles. The molecule has 0 aliphatic rings. The molecule has 4 heteroatoms. The summed E-state index contributed by atoms with van der Waals surface area (Å²) >= 11 is 0. The van der Waals surface area contributed by atoms with Crippen molar-refractivity contribution in [2.24, 2.45) is 0 Å². The number of rotatable bonds is 9. The van der Waals surface area contributed by atoms with Gasteiger partial charge in [0, 0.05) is 13.7 Å². The number of aryl methyl sites for hydroxylation is 1. The van der Waals surface area contributed by atoms with Gasteiger partial charge in [-0.05, 0) is 32.3 Å². The highest BCUT2D eigenvalue weighted by molar-refractivity contribution is 5.80. The predicted octanol–water partition coefficient (Wildman–Crippen LogP) is 2.18. The Morgan fingerprint density at radius 3 is 2.60 bits per heavy atom. The molecule has 1 N–H and O–H groups in total. The molecule has 4 nitrogen and oxygen atoms in total. The van der Waals surface area contributed by atoms with Crippen molar-refractivity contribution in [1.29, 1.82) is 0 Å². The minimum absolute atomic E-state index is 0.202. The Labute approximate surface area is 121 Å². The van der Waals surface area contributed by atoms with Crippen LogP contribution in [0.25, 0.3) is 0 Å². The fourth-order valence-corrected chi connectivity index (χ4v) is 2.02. The van der Waals surface area contributed by atoms with Gasteiger partial charge in [-0.2, -0.15) is 0 Å². The molecule has 0 aliphatic carbocycles. The van der Waals surface area contributed by atoms with Crippen molar-refractivity contribution in [3.05, 3.63) is 35.9 Å². The molecule has 1 aromatic carbocycles. The average Bonchev–Trinajstić information content (AvgIpc) is 2.47. The van der Waals surface area contributed by atoms with Gasteiger partial charge in [0.15, 0.2) is 0 Å². The van der Waals surface area contributed by atoms with Crippen molar-refractivity contribution in [3.8, 4) is 0 Å². The SMILES string of the molecule is CCOC(=O)C(C)(CCc1ccccc1)NCCOC. The number of hydrogen-bond donors (Lipinski definition) is 1. The third-order valence-electron chi connectivity index (χ3n) is 3.30. The van der Waals surface area contributed by atoms with Crippen LogP contribution < -0.4 is 5.32 Å². The number of esters is 1. The van der Waals surface area contributed by atoms with Crippen LogP contribution in [0.5, 0.6) is 0 Å². The summed E-state index contributed by atoms with van der Waals surface area (Å²) in [4.78, 5) is 12.2. The van der Waals surface area contributed by atoms with Crippen molar-refractivity contribution >= 4 is 5.97 Å². The highest BCUT2D eigenvalue weighted by atomic mass is 16.5. The van der Waals surface area contributed by atoms with E-state index in [0.29, 0.717) is 26.2 Å². The van der Waals surface area contributed by atoms with E-state index in [0.717, 1.165) is 6.42 Å². The largest absolute Gasteiger partial charge is 0.465 e. The minimum Gasteiger partial charge on any atom is -0.465 e. The number of hydrogen-bond acceptors (Lipinski definition) is 4. The standard InChI is InChI=1S/C16H25NO3/c1-4-20-15(18)16(2,17-12-13-19-3)11-10-14-8-6-5-7-9-14/h5-9,17H,4,10-13H2,1-3H3. The zero-order valence-electron chi connectivity index (χ0n) is 12.6. The van der Waals surface area contributed by atoms with E-state index in [1.165, 1.54) is 5.56 Å². The maximum absolute atomic E-state index is 12.2. The summed E-state index contributed by atoms with van der Waals surface area (Å²) in [5.74, 6) is -0.202. The molecule has 0 aliphatic heterocycles. The molecule has 0 saturated heterocycles. The lowest BCUT2D eigenvalue weighted by molar-refractivity contribution is -0.150. The van der Waals surface area contributed by atoms with Gasteiger partial charge >= 0.3 is 5.97 Å². The summed E-state index contributed by atoms with van der Waals surface area (Å²) in [6.07, 6.45) is 1.52. The Kier molecular flexibility index (Phi) is 7.26. The van der Waals surface area contributed by atoms with Gasteiger partial charge in [-0.15, -0.1) is 0 Å². The summed E-state index contributed by atoms with van der Waals surface area (Å²) in [6.45, 7) is 5.31. The van der Waals surface area contributed by atoms with Gasteiger partial charge in [-0.1, -0.05) is 30.3 Å². The van der Waals surface area contributed by atoms with Crippen LogP contribution >= 0.6 is 0 Å². The normalized spacial score (nSPS) is 13.8. The van der Waals surface area contributed by atoms with E-state index in [4.69, 9.17) is 9.47 Å². The Morgan fingerprint density at radius 1 is 1.30 bits per heavy atom. The zero-order valence-corrected chi connectivity index (χ0v) is 12.6. The van der Waals surface area contributed by atoms with Gasteiger partial charge < -0.3 is 9.47 Å². The van der Waals surface area contributed by atoms with Crippen LogP contribution in [0.1, 0.15) is 25.8 Å². The van der Waals surface area contributed by atoms with Crippen molar-refractivity contribution in [1.82, 2.24) is 5.32 Å². The molecule has 0 aromatic heterocycles. The zero-order chi connectivity index (χ0) is 14.8. The maximum Gasteiger partial charge on any atom is 0.326 e. The first-order valence-corrected chi connectivity index (χ1v) is 7.07. The van der Waals surface area contributed by atoms with Crippen molar-refractivity contribution in [3.63, 3.8) is 0 Å². The smallest absolute Gasteiger partial charge is 0.326 e. The van der Waals surface area contributed by atoms with E-state index < -0.39 is 5.54 Å². The number of carbonyl (C=O) groups excluding carboxylic acids is 1. The summed E-state index contributed by atoms with van der Waals surface area (Å²) in [5, 5.41) is 3.25. The number of ether oxygens (including phenoxy) is 2. The van der Waals surface area contributed by atoms with E-state index in [1.807, 2.05) is 32.0 Å². The first kappa shape index (κ1) is 16.7. The molecule has 0 saturated carbocycles. The van der Waals surface area contributed by atoms with Gasteiger partial charge in [0.25, 0.3) is 0 Å². The lowest BCUT2D eigenvalue weighted by Crippen LogP contribution is -2.51. The Balaban J connectivity index is 2.63. The number of carbonyl (C=O) groups is 1. The molecule has 0 bridgehead atoms. The Bertz CT molecular complexity index is 394. The molecule has 1 rings (SSSR count). The van der Waals surface area contributed by atoms with Crippen LogP contribution in [0.15, 0.2) is 30.3 Å².